The second-order valence-corrected chi connectivity index (χ2v) is 4.34. The van der Waals surface area contributed by atoms with Gasteiger partial charge < -0.3 is 4.74 Å². The van der Waals surface area contributed by atoms with E-state index < -0.39 is 0 Å². The third-order valence-corrected chi connectivity index (χ3v) is 3.42. The highest BCUT2D eigenvalue weighted by atomic mass is 31.1. The van der Waals surface area contributed by atoms with Crippen molar-refractivity contribution in [3.8, 4) is 5.75 Å². The molecule has 0 aliphatic carbocycles. The monoisotopic (exact) mass is 196 g/mol. The maximum atomic E-state index is 5.28. The van der Waals surface area contributed by atoms with Crippen LogP contribution in [0.15, 0.2) is 24.3 Å². The normalized spacial score (nSPS) is 10.9. The van der Waals surface area contributed by atoms with Crippen LogP contribution in [-0.2, 0) is 6.16 Å². The third-order valence-electron chi connectivity index (χ3n) is 1.93. The molecule has 1 rings (SSSR count). The Morgan fingerprint density at radius 1 is 1.31 bits per heavy atom. The summed E-state index contributed by atoms with van der Waals surface area (Å²) < 4.78 is 5.28. The number of rotatable bonds is 5. The molecule has 13 heavy (non-hydrogen) atoms. The van der Waals surface area contributed by atoms with Gasteiger partial charge >= 0.3 is 0 Å². The van der Waals surface area contributed by atoms with Gasteiger partial charge in [0.05, 0.1) is 7.11 Å². The molecular weight excluding hydrogens is 179 g/mol. The van der Waals surface area contributed by atoms with Crippen LogP contribution in [0.25, 0.3) is 0 Å². The summed E-state index contributed by atoms with van der Waals surface area (Å²) in [6, 6.07) is 8.28. The minimum Gasteiger partial charge on any atom is -0.496 e. The molecule has 0 saturated heterocycles. The molecule has 1 unspecified atom stereocenters. The lowest BCUT2D eigenvalue weighted by atomic mass is 10.2. The van der Waals surface area contributed by atoms with Gasteiger partial charge in [-0.3, -0.25) is 0 Å². The highest BCUT2D eigenvalue weighted by Gasteiger charge is 1.99. The molecule has 72 valence electrons. The quantitative estimate of drug-likeness (QED) is 0.518. The van der Waals surface area contributed by atoms with Crippen molar-refractivity contribution in [2.75, 3.05) is 13.3 Å². The Bertz CT molecular complexity index is 248. The Kier molecular flexibility index (Phi) is 4.85. The molecule has 0 aliphatic rings. The number of hydrogen-bond acceptors (Lipinski definition) is 1. The number of methoxy groups -OCH3 is 1. The molecule has 0 spiro atoms. The van der Waals surface area contributed by atoms with Crippen molar-refractivity contribution in [1.82, 2.24) is 0 Å². The zero-order valence-corrected chi connectivity index (χ0v) is 9.34. The lowest BCUT2D eigenvalue weighted by Gasteiger charge is -2.07. The number of para-hydroxylation sites is 1. The Morgan fingerprint density at radius 2 is 2.08 bits per heavy atom. The Morgan fingerprint density at radius 3 is 2.77 bits per heavy atom. The van der Waals surface area contributed by atoms with Gasteiger partial charge in [-0.1, -0.05) is 31.5 Å². The van der Waals surface area contributed by atoms with E-state index in [1.165, 1.54) is 18.1 Å². The summed E-state index contributed by atoms with van der Waals surface area (Å²) in [5.41, 5.74) is 1.34. The first-order chi connectivity index (χ1) is 6.38. The summed E-state index contributed by atoms with van der Waals surface area (Å²) in [6.45, 7) is 2.23. The molecule has 0 heterocycles. The maximum absolute atomic E-state index is 5.28. The van der Waals surface area contributed by atoms with Gasteiger partial charge in [0.2, 0.25) is 0 Å². The van der Waals surface area contributed by atoms with Crippen molar-refractivity contribution in [2.24, 2.45) is 0 Å². The largest absolute Gasteiger partial charge is 0.496 e. The van der Waals surface area contributed by atoms with Crippen LogP contribution in [-0.4, -0.2) is 13.3 Å². The third kappa shape index (κ3) is 3.36. The van der Waals surface area contributed by atoms with Gasteiger partial charge in [0.15, 0.2) is 0 Å². The highest BCUT2D eigenvalue weighted by molar-refractivity contribution is 7.37. The van der Waals surface area contributed by atoms with Crippen molar-refractivity contribution in [2.45, 2.75) is 19.5 Å². The van der Waals surface area contributed by atoms with Crippen LogP contribution in [0.5, 0.6) is 5.75 Å². The van der Waals surface area contributed by atoms with Crippen LogP contribution < -0.4 is 4.74 Å². The Balaban J connectivity index is 2.54. The molecule has 0 amide bonds. The minimum absolute atomic E-state index is 1.03. The lowest BCUT2D eigenvalue weighted by Crippen LogP contribution is -1.89. The van der Waals surface area contributed by atoms with Crippen molar-refractivity contribution in [1.29, 1.82) is 0 Å². The summed E-state index contributed by atoms with van der Waals surface area (Å²) in [7, 11) is 2.77. The first-order valence-electron chi connectivity index (χ1n) is 4.71. The van der Waals surface area contributed by atoms with Gasteiger partial charge in [0.1, 0.15) is 5.75 Å². The summed E-state index contributed by atoms with van der Waals surface area (Å²) in [6.07, 6.45) is 3.78. The van der Waals surface area contributed by atoms with Crippen molar-refractivity contribution < 1.29 is 4.74 Å². The molecule has 0 bridgehead atoms. The SMILES string of the molecule is CCCPCc1ccccc1OC. The number of benzene rings is 1. The summed E-state index contributed by atoms with van der Waals surface area (Å²) in [4.78, 5) is 0. The van der Waals surface area contributed by atoms with Gasteiger partial charge in [0, 0.05) is 0 Å². The molecule has 1 atom stereocenters. The van der Waals surface area contributed by atoms with Crippen molar-refractivity contribution >= 4 is 8.58 Å². The molecule has 1 aromatic rings. The molecule has 0 aliphatic heterocycles. The number of hydrogen-bond donors (Lipinski definition) is 0. The van der Waals surface area contributed by atoms with E-state index in [1.807, 2.05) is 12.1 Å². The van der Waals surface area contributed by atoms with Crippen LogP contribution in [0.2, 0.25) is 0 Å². The second-order valence-electron chi connectivity index (χ2n) is 2.99. The zero-order chi connectivity index (χ0) is 9.52. The molecule has 0 radical (unpaired) electrons. The van der Waals surface area contributed by atoms with Gasteiger partial charge in [-0.05, 0) is 24.0 Å². The molecule has 0 saturated carbocycles. The van der Waals surface area contributed by atoms with Gasteiger partial charge in [0.25, 0.3) is 0 Å². The first kappa shape index (κ1) is 10.5. The van der Waals surface area contributed by atoms with E-state index in [9.17, 15) is 0 Å². The number of ether oxygens (including phenoxy) is 1. The average molecular weight is 196 g/mol. The van der Waals surface area contributed by atoms with E-state index >= 15 is 0 Å². The predicted octanol–water partition coefficient (Wildman–Crippen LogP) is 3.28. The smallest absolute Gasteiger partial charge is 0.122 e. The van der Waals surface area contributed by atoms with Crippen LogP contribution in [0.4, 0.5) is 0 Å². The fourth-order valence-electron chi connectivity index (χ4n) is 1.25. The summed E-state index contributed by atoms with van der Waals surface area (Å²) in [5.74, 6) is 1.03. The van der Waals surface area contributed by atoms with Gasteiger partial charge in [-0.2, -0.15) is 0 Å². The molecule has 0 N–H and O–H groups in total. The first-order valence-corrected chi connectivity index (χ1v) is 6.12. The van der Waals surface area contributed by atoms with Gasteiger partial charge in [-0.15, -0.1) is 8.58 Å². The summed E-state index contributed by atoms with van der Waals surface area (Å²) in [5, 5.41) is 0. The summed E-state index contributed by atoms with van der Waals surface area (Å²) >= 11 is 0. The van der Waals surface area contributed by atoms with E-state index in [0.717, 1.165) is 20.5 Å². The molecule has 0 fully saturated rings. The lowest BCUT2D eigenvalue weighted by molar-refractivity contribution is 0.411. The Hall–Kier alpha value is -0.550. The van der Waals surface area contributed by atoms with E-state index in [0.29, 0.717) is 0 Å². The topological polar surface area (TPSA) is 9.23 Å². The second kappa shape index (κ2) is 5.99. The van der Waals surface area contributed by atoms with Crippen molar-refractivity contribution in [3.63, 3.8) is 0 Å². The van der Waals surface area contributed by atoms with E-state index in [4.69, 9.17) is 4.74 Å². The zero-order valence-electron chi connectivity index (χ0n) is 8.34. The fraction of sp³-hybridized carbons (Fsp3) is 0.455. The standard InChI is InChI=1S/C11H17OP/c1-3-8-13-9-10-6-4-5-7-11(10)12-2/h4-7,13H,3,8-9H2,1-2H3. The van der Waals surface area contributed by atoms with Crippen molar-refractivity contribution in [3.05, 3.63) is 29.8 Å². The average Bonchev–Trinajstić information content (AvgIpc) is 2.19. The van der Waals surface area contributed by atoms with Crippen LogP contribution in [0.3, 0.4) is 0 Å². The van der Waals surface area contributed by atoms with Crippen LogP contribution in [0.1, 0.15) is 18.9 Å². The van der Waals surface area contributed by atoms with E-state index in [1.54, 1.807) is 7.11 Å². The molecular formula is C11H17OP. The Labute approximate surface area is 82.3 Å². The molecule has 2 heteroatoms. The molecule has 1 nitrogen and oxygen atoms in total. The van der Waals surface area contributed by atoms with E-state index in [2.05, 4.69) is 19.1 Å². The van der Waals surface area contributed by atoms with E-state index in [-0.39, 0.29) is 0 Å². The van der Waals surface area contributed by atoms with Crippen LogP contribution >= 0.6 is 8.58 Å². The minimum atomic E-state index is 1.03. The molecule has 0 aromatic heterocycles. The fourth-order valence-corrected chi connectivity index (χ4v) is 2.34. The maximum Gasteiger partial charge on any atom is 0.122 e. The van der Waals surface area contributed by atoms with Gasteiger partial charge in [-0.25, -0.2) is 0 Å². The van der Waals surface area contributed by atoms with Crippen LogP contribution in [0, 0.1) is 0 Å². The highest BCUT2D eigenvalue weighted by Crippen LogP contribution is 2.26. The predicted molar refractivity (Wildman–Crippen MR) is 60.2 cm³/mol. The molecule has 1 aromatic carbocycles.